The molecule has 1 aromatic heterocycles. The number of likely N-dealkylation sites (tertiary alicyclic amines) is 1. The highest BCUT2D eigenvalue weighted by Gasteiger charge is 2.33. The summed E-state index contributed by atoms with van der Waals surface area (Å²) in [7, 11) is 1.66. The summed E-state index contributed by atoms with van der Waals surface area (Å²) in [4.78, 5) is 14.5. The van der Waals surface area contributed by atoms with Crippen molar-refractivity contribution < 1.29 is 9.53 Å². The van der Waals surface area contributed by atoms with Crippen molar-refractivity contribution in [2.24, 2.45) is 0 Å². The molecule has 6 nitrogen and oxygen atoms in total. The molecule has 0 radical (unpaired) electrons. The first-order chi connectivity index (χ1) is 12.8. The van der Waals surface area contributed by atoms with Gasteiger partial charge < -0.3 is 15.0 Å². The zero-order valence-electron chi connectivity index (χ0n) is 15.3. The van der Waals surface area contributed by atoms with Gasteiger partial charge in [0.25, 0.3) is 0 Å². The number of carbonyl (C=O) groups excluding carboxylic acids is 1. The highest BCUT2D eigenvalue weighted by atomic mass is 16.5. The summed E-state index contributed by atoms with van der Waals surface area (Å²) in [6.07, 6.45) is 6.81. The monoisotopic (exact) mass is 354 g/mol. The molecule has 1 aliphatic carbocycles. The first-order valence-corrected chi connectivity index (χ1v) is 9.49. The molecule has 6 heteroatoms. The van der Waals surface area contributed by atoms with E-state index in [1.54, 1.807) is 7.11 Å². The van der Waals surface area contributed by atoms with Gasteiger partial charge in [-0.05, 0) is 55.4 Å². The van der Waals surface area contributed by atoms with Crippen LogP contribution in [0.25, 0.3) is 0 Å². The molecule has 1 aromatic carbocycles. The molecule has 1 fully saturated rings. The van der Waals surface area contributed by atoms with Gasteiger partial charge in [-0.2, -0.15) is 5.10 Å². The Hall–Kier alpha value is -2.50. The first kappa shape index (κ1) is 16.9. The lowest BCUT2D eigenvalue weighted by atomic mass is 9.95. The molecule has 0 saturated carbocycles. The van der Waals surface area contributed by atoms with Crippen molar-refractivity contribution in [3.63, 3.8) is 0 Å². The average Bonchev–Trinajstić information content (AvgIpc) is 2.85. The van der Waals surface area contributed by atoms with Gasteiger partial charge in [0, 0.05) is 12.2 Å². The number of hydrogen-bond acceptors (Lipinski definition) is 3. The minimum atomic E-state index is -0.0190. The molecule has 138 valence electrons. The summed E-state index contributed by atoms with van der Waals surface area (Å²) >= 11 is 0. The van der Waals surface area contributed by atoms with E-state index in [1.807, 2.05) is 23.1 Å². The largest absolute Gasteiger partial charge is 0.497 e. The second kappa shape index (κ2) is 7.40. The van der Waals surface area contributed by atoms with E-state index >= 15 is 0 Å². The zero-order valence-corrected chi connectivity index (χ0v) is 15.3. The van der Waals surface area contributed by atoms with E-state index in [1.165, 1.54) is 30.5 Å². The predicted molar refractivity (Wildman–Crippen MR) is 99.1 cm³/mol. The van der Waals surface area contributed by atoms with Crippen molar-refractivity contribution in [2.45, 2.75) is 51.1 Å². The Morgan fingerprint density at radius 3 is 3.04 bits per heavy atom. The maximum absolute atomic E-state index is 12.6. The SMILES string of the molecule is COc1cccc([C@@H]2CCN2C(=O)NCc2n[nH]c3c2CCCCC3)c1. The second-order valence-corrected chi connectivity index (χ2v) is 7.12. The number of rotatable bonds is 4. The van der Waals surface area contributed by atoms with E-state index in [2.05, 4.69) is 21.6 Å². The van der Waals surface area contributed by atoms with E-state index in [9.17, 15) is 4.79 Å². The Balaban J connectivity index is 1.39. The average molecular weight is 354 g/mol. The summed E-state index contributed by atoms with van der Waals surface area (Å²) < 4.78 is 5.30. The van der Waals surface area contributed by atoms with Gasteiger partial charge in [-0.25, -0.2) is 4.79 Å². The maximum atomic E-state index is 12.6. The summed E-state index contributed by atoms with van der Waals surface area (Å²) in [5, 5.41) is 10.7. The Labute approximate surface area is 153 Å². The number of benzene rings is 1. The molecule has 1 atom stereocenters. The van der Waals surface area contributed by atoms with Crippen molar-refractivity contribution in [3.05, 3.63) is 46.8 Å². The standard InChI is InChI=1S/C20H26N4O2/c1-26-15-7-5-6-14(12-15)19-10-11-24(19)20(25)21-13-18-16-8-3-2-4-9-17(16)22-23-18/h5-7,12,19H,2-4,8-11,13H2,1H3,(H,21,25)(H,22,23)/t19-/m0/s1. The fraction of sp³-hybridized carbons (Fsp3) is 0.500. The summed E-state index contributed by atoms with van der Waals surface area (Å²) in [5.41, 5.74) is 4.69. The van der Waals surface area contributed by atoms with Crippen LogP contribution in [0.2, 0.25) is 0 Å². The molecule has 1 aliphatic heterocycles. The maximum Gasteiger partial charge on any atom is 0.318 e. The number of aryl methyl sites for hydroxylation is 1. The van der Waals surface area contributed by atoms with Crippen LogP contribution in [0.15, 0.2) is 24.3 Å². The molecule has 0 bridgehead atoms. The third-order valence-electron chi connectivity index (χ3n) is 5.56. The third kappa shape index (κ3) is 3.28. The summed E-state index contributed by atoms with van der Waals surface area (Å²) in [5.74, 6) is 0.828. The van der Waals surface area contributed by atoms with E-state index < -0.39 is 0 Å². The highest BCUT2D eigenvalue weighted by Crippen LogP contribution is 2.34. The van der Waals surface area contributed by atoms with Crippen LogP contribution in [0.1, 0.15) is 54.2 Å². The highest BCUT2D eigenvalue weighted by molar-refractivity contribution is 5.75. The molecule has 2 heterocycles. The van der Waals surface area contributed by atoms with E-state index in [0.29, 0.717) is 6.54 Å². The van der Waals surface area contributed by atoms with Crippen LogP contribution in [0.3, 0.4) is 0 Å². The molecule has 4 rings (SSSR count). The minimum Gasteiger partial charge on any atom is -0.497 e. The first-order valence-electron chi connectivity index (χ1n) is 9.49. The van der Waals surface area contributed by atoms with Crippen molar-refractivity contribution >= 4 is 6.03 Å². The lowest BCUT2D eigenvalue weighted by Crippen LogP contribution is -2.49. The molecule has 0 unspecified atom stereocenters. The predicted octanol–water partition coefficient (Wildman–Crippen LogP) is 3.34. The second-order valence-electron chi connectivity index (χ2n) is 7.12. The number of aromatic amines is 1. The number of nitrogens with zero attached hydrogens (tertiary/aromatic N) is 2. The normalized spacial score (nSPS) is 19.3. The van der Waals surface area contributed by atoms with Gasteiger partial charge in [-0.1, -0.05) is 18.6 Å². The van der Waals surface area contributed by atoms with Gasteiger partial charge in [0.2, 0.25) is 0 Å². The van der Waals surface area contributed by atoms with Gasteiger partial charge in [0.1, 0.15) is 5.75 Å². The molecule has 2 amide bonds. The number of carbonyl (C=O) groups is 1. The van der Waals surface area contributed by atoms with Gasteiger partial charge in [0.15, 0.2) is 0 Å². The quantitative estimate of drug-likeness (QED) is 0.827. The van der Waals surface area contributed by atoms with E-state index in [4.69, 9.17) is 4.74 Å². The Morgan fingerprint density at radius 2 is 2.23 bits per heavy atom. The van der Waals surface area contributed by atoms with Crippen molar-refractivity contribution in [1.29, 1.82) is 0 Å². The number of hydrogen-bond donors (Lipinski definition) is 2. The van der Waals surface area contributed by atoms with Crippen molar-refractivity contribution in [1.82, 2.24) is 20.4 Å². The Morgan fingerprint density at radius 1 is 1.35 bits per heavy atom. The molecule has 0 spiro atoms. The van der Waals surface area contributed by atoms with Crippen LogP contribution in [0.4, 0.5) is 4.79 Å². The topological polar surface area (TPSA) is 70.2 Å². The third-order valence-corrected chi connectivity index (χ3v) is 5.56. The lowest BCUT2D eigenvalue weighted by Gasteiger charge is -2.41. The Kier molecular flexibility index (Phi) is 4.82. The smallest absolute Gasteiger partial charge is 0.318 e. The number of aromatic nitrogens is 2. The van der Waals surface area contributed by atoms with Crippen LogP contribution in [-0.4, -0.2) is 34.8 Å². The number of amides is 2. The minimum absolute atomic E-state index is 0.0190. The number of H-pyrrole nitrogens is 1. The molecule has 1 saturated heterocycles. The van der Waals surface area contributed by atoms with Crippen LogP contribution in [0, 0.1) is 0 Å². The molecule has 2 aromatic rings. The molecular weight excluding hydrogens is 328 g/mol. The molecule has 2 aliphatic rings. The number of fused-ring (bicyclic) bond motifs is 1. The molecule has 2 N–H and O–H groups in total. The van der Waals surface area contributed by atoms with Gasteiger partial charge in [-0.3, -0.25) is 5.10 Å². The number of methoxy groups -OCH3 is 1. The molecular formula is C20H26N4O2. The van der Waals surface area contributed by atoms with Gasteiger partial charge >= 0.3 is 6.03 Å². The Bertz CT molecular complexity index is 786. The van der Waals surface area contributed by atoms with Crippen LogP contribution < -0.4 is 10.1 Å². The fourth-order valence-corrected chi connectivity index (χ4v) is 3.96. The van der Waals surface area contributed by atoms with Gasteiger partial charge in [0.05, 0.1) is 25.4 Å². The van der Waals surface area contributed by atoms with Crippen LogP contribution in [-0.2, 0) is 19.4 Å². The number of nitrogens with one attached hydrogen (secondary N) is 2. The fourth-order valence-electron chi connectivity index (χ4n) is 3.96. The summed E-state index contributed by atoms with van der Waals surface area (Å²) in [6, 6.07) is 8.07. The van der Waals surface area contributed by atoms with Gasteiger partial charge in [-0.15, -0.1) is 0 Å². The number of urea groups is 1. The van der Waals surface area contributed by atoms with E-state index in [0.717, 1.165) is 42.8 Å². The zero-order chi connectivity index (χ0) is 17.9. The summed E-state index contributed by atoms with van der Waals surface area (Å²) in [6.45, 7) is 1.28. The lowest BCUT2D eigenvalue weighted by molar-refractivity contribution is 0.115. The van der Waals surface area contributed by atoms with Crippen molar-refractivity contribution in [3.8, 4) is 5.75 Å². The number of ether oxygens (including phenoxy) is 1. The van der Waals surface area contributed by atoms with Crippen molar-refractivity contribution in [2.75, 3.05) is 13.7 Å². The molecule has 26 heavy (non-hydrogen) atoms. The van der Waals surface area contributed by atoms with Crippen LogP contribution in [0.5, 0.6) is 5.75 Å². The van der Waals surface area contributed by atoms with E-state index in [-0.39, 0.29) is 12.1 Å². The van der Waals surface area contributed by atoms with Crippen LogP contribution >= 0.6 is 0 Å².